The predicted octanol–water partition coefficient (Wildman–Crippen LogP) is 15.5. The summed E-state index contributed by atoms with van der Waals surface area (Å²) in [6.07, 6.45) is 4.07. The molecule has 0 radical (unpaired) electrons. The lowest BCUT2D eigenvalue weighted by Crippen LogP contribution is -2.10. The molecular weight excluding hydrogens is 741 g/mol. The fourth-order valence-electron chi connectivity index (χ4n) is 9.05. The SMILES string of the molecule is C1=C=Cc2c(c3ccccc3n2-c2cccc(N(c3ccc(-c4ccc(-c5cccc6ccccc56)cc4)cc3)c3ccc(-c4cccc5c4oc4ccc#cc45)cc3)c2)C=1. The summed E-state index contributed by atoms with van der Waals surface area (Å²) < 4.78 is 8.72. The fraction of sp³-hybridized carbons (Fsp3) is 0. The quantitative estimate of drug-likeness (QED) is 0.150. The average Bonchev–Trinajstić information content (AvgIpc) is 3.88. The largest absolute Gasteiger partial charge is 0.455 e. The minimum absolute atomic E-state index is 0.812. The molecule has 0 saturated carbocycles. The standard InChI is InChI=1S/C58H34N2O/c1-2-16-48-41(12-1)13-9-20-49(48)42-28-26-39(27-29-42)40-30-34-44(35-31-40)59(45-36-32-43(33-37-45)50-21-11-22-54-53-19-5-8-25-57(53)61-58(50)54)46-14-10-15-47(38-46)60-55-23-6-3-17-51(55)52-18-4-7-24-56(52)60/h1-3,6,8-18,20-38H. The highest BCUT2D eigenvalue weighted by Gasteiger charge is 2.20. The molecule has 0 fully saturated rings. The number of nitrogens with zero attached hydrogens (tertiary/aromatic N) is 2. The molecule has 11 aromatic rings. The van der Waals surface area contributed by atoms with Crippen molar-refractivity contribution >= 4 is 72.8 Å². The molecule has 0 saturated heterocycles. The topological polar surface area (TPSA) is 21.3 Å². The molecule has 0 atom stereocenters. The van der Waals surface area contributed by atoms with Gasteiger partial charge in [-0.25, -0.2) is 0 Å². The molecular formula is C58H34N2O. The molecule has 3 heteroatoms. The van der Waals surface area contributed by atoms with Crippen molar-refractivity contribution in [2.24, 2.45) is 0 Å². The third-order valence-electron chi connectivity index (χ3n) is 11.9. The number of hydrogen-bond donors (Lipinski definition) is 0. The maximum atomic E-state index is 6.39. The van der Waals surface area contributed by atoms with Crippen LogP contribution in [0.2, 0.25) is 0 Å². The van der Waals surface area contributed by atoms with Gasteiger partial charge in [-0.15, -0.1) is 0 Å². The van der Waals surface area contributed by atoms with Crippen molar-refractivity contribution in [3.8, 4) is 39.1 Å². The van der Waals surface area contributed by atoms with E-state index >= 15 is 0 Å². The summed E-state index contributed by atoms with van der Waals surface area (Å²) in [5.41, 5.74) is 22.5. The van der Waals surface area contributed by atoms with Crippen LogP contribution in [-0.4, -0.2) is 4.57 Å². The first-order chi connectivity index (χ1) is 30.2. The van der Waals surface area contributed by atoms with Gasteiger partial charge in [-0.3, -0.25) is 0 Å². The van der Waals surface area contributed by atoms with E-state index in [-0.39, 0.29) is 0 Å². The number of hydrogen-bond acceptors (Lipinski definition) is 2. The highest BCUT2D eigenvalue weighted by Crippen LogP contribution is 2.41. The predicted molar refractivity (Wildman–Crippen MR) is 253 cm³/mol. The Morgan fingerprint density at radius 1 is 0.475 bits per heavy atom. The molecule has 12 rings (SSSR count). The molecule has 0 N–H and O–H groups in total. The van der Waals surface area contributed by atoms with Crippen LogP contribution in [0, 0.1) is 12.1 Å². The van der Waals surface area contributed by atoms with Crippen LogP contribution in [0.15, 0.2) is 210 Å². The maximum Gasteiger partial charge on any atom is 0.144 e. The first kappa shape index (κ1) is 34.5. The van der Waals surface area contributed by atoms with Crippen LogP contribution in [0.3, 0.4) is 0 Å². The summed E-state index contributed by atoms with van der Waals surface area (Å²) in [6.45, 7) is 0. The Hall–Kier alpha value is -8.50. The van der Waals surface area contributed by atoms with Crippen molar-refractivity contribution in [3.63, 3.8) is 0 Å². The summed E-state index contributed by atoms with van der Waals surface area (Å²) in [4.78, 5) is 2.33. The van der Waals surface area contributed by atoms with Gasteiger partial charge in [0.1, 0.15) is 11.2 Å². The number of benzene rings is 8. The number of para-hydroxylation sites is 2. The van der Waals surface area contributed by atoms with Crippen LogP contribution in [0.5, 0.6) is 0 Å². The van der Waals surface area contributed by atoms with Crippen LogP contribution >= 0.6 is 0 Å². The molecule has 1 aliphatic rings. The second kappa shape index (κ2) is 14.1. The van der Waals surface area contributed by atoms with Gasteiger partial charge >= 0.3 is 0 Å². The number of anilines is 3. The molecule has 9 aromatic carbocycles. The zero-order valence-corrected chi connectivity index (χ0v) is 32.9. The van der Waals surface area contributed by atoms with E-state index in [9.17, 15) is 0 Å². The summed E-state index contributed by atoms with van der Waals surface area (Å²) in [5.74, 6) is 0. The minimum Gasteiger partial charge on any atom is -0.455 e. The van der Waals surface area contributed by atoms with E-state index in [0.717, 1.165) is 78.2 Å². The molecule has 0 spiro atoms. The number of furan rings is 1. The third kappa shape index (κ3) is 5.80. The van der Waals surface area contributed by atoms with E-state index in [1.54, 1.807) is 0 Å². The lowest BCUT2D eigenvalue weighted by Gasteiger charge is -2.27. The zero-order valence-electron chi connectivity index (χ0n) is 32.9. The monoisotopic (exact) mass is 774 g/mol. The van der Waals surface area contributed by atoms with Crippen molar-refractivity contribution in [1.29, 1.82) is 0 Å². The molecule has 1 aliphatic carbocycles. The maximum absolute atomic E-state index is 6.39. The van der Waals surface area contributed by atoms with Crippen LogP contribution in [0.25, 0.3) is 94.8 Å². The van der Waals surface area contributed by atoms with Crippen molar-refractivity contribution in [2.45, 2.75) is 0 Å². The van der Waals surface area contributed by atoms with Gasteiger partial charge < -0.3 is 13.9 Å². The third-order valence-corrected chi connectivity index (χ3v) is 11.9. The fourth-order valence-corrected chi connectivity index (χ4v) is 9.05. The second-order valence-corrected chi connectivity index (χ2v) is 15.4. The summed E-state index contributed by atoms with van der Waals surface area (Å²) >= 11 is 0. The summed E-state index contributed by atoms with van der Waals surface area (Å²) in [6, 6.07) is 75.5. The van der Waals surface area contributed by atoms with E-state index in [1.807, 2.05) is 24.3 Å². The lowest BCUT2D eigenvalue weighted by atomic mass is 9.96. The highest BCUT2D eigenvalue weighted by atomic mass is 16.3. The Balaban J connectivity index is 0.947. The van der Waals surface area contributed by atoms with Gasteiger partial charge in [0.2, 0.25) is 0 Å². The molecule has 0 amide bonds. The Bertz CT molecular complexity index is 3590. The average molecular weight is 775 g/mol. The molecule has 0 aliphatic heterocycles. The van der Waals surface area contributed by atoms with Gasteiger partial charge in [-0.2, -0.15) is 0 Å². The molecule has 0 bridgehead atoms. The van der Waals surface area contributed by atoms with E-state index in [0.29, 0.717) is 0 Å². The Morgan fingerprint density at radius 2 is 1.10 bits per heavy atom. The number of rotatable bonds is 7. The Morgan fingerprint density at radius 3 is 1.93 bits per heavy atom. The van der Waals surface area contributed by atoms with E-state index < -0.39 is 0 Å². The van der Waals surface area contributed by atoms with Gasteiger partial charge in [-0.1, -0.05) is 151 Å². The van der Waals surface area contributed by atoms with Gasteiger partial charge in [0, 0.05) is 50.7 Å². The van der Waals surface area contributed by atoms with Crippen molar-refractivity contribution in [2.75, 3.05) is 4.90 Å². The van der Waals surface area contributed by atoms with Crippen LogP contribution < -0.4 is 4.90 Å². The first-order valence-electron chi connectivity index (χ1n) is 20.5. The van der Waals surface area contributed by atoms with Crippen LogP contribution in [-0.2, 0) is 0 Å². The van der Waals surface area contributed by atoms with Crippen LogP contribution in [0.4, 0.5) is 17.1 Å². The van der Waals surface area contributed by atoms with Crippen LogP contribution in [0.1, 0.15) is 11.3 Å². The van der Waals surface area contributed by atoms with Crippen molar-refractivity contribution < 1.29 is 4.42 Å². The van der Waals surface area contributed by atoms with Crippen molar-refractivity contribution in [3.05, 3.63) is 229 Å². The van der Waals surface area contributed by atoms with E-state index in [4.69, 9.17) is 4.42 Å². The number of fused-ring (bicyclic) bond motifs is 7. The molecule has 2 heterocycles. The first-order valence-corrected chi connectivity index (χ1v) is 20.5. The highest BCUT2D eigenvalue weighted by molar-refractivity contribution is 6.09. The zero-order chi connectivity index (χ0) is 40.3. The van der Waals surface area contributed by atoms with Gasteiger partial charge in [-0.05, 0) is 111 Å². The molecule has 61 heavy (non-hydrogen) atoms. The second-order valence-electron chi connectivity index (χ2n) is 15.4. The molecule has 3 nitrogen and oxygen atoms in total. The van der Waals surface area contributed by atoms with Crippen molar-refractivity contribution in [1.82, 2.24) is 4.57 Å². The Labute approximate surface area is 353 Å². The number of aromatic nitrogens is 1. The summed E-state index contributed by atoms with van der Waals surface area (Å²) in [7, 11) is 0. The van der Waals surface area contributed by atoms with E-state index in [1.165, 1.54) is 32.8 Å². The summed E-state index contributed by atoms with van der Waals surface area (Å²) in [5, 5.41) is 5.69. The van der Waals surface area contributed by atoms with Gasteiger partial charge in [0.05, 0.1) is 16.6 Å². The normalized spacial score (nSPS) is 11.7. The minimum atomic E-state index is 0.812. The van der Waals surface area contributed by atoms with E-state index in [2.05, 4.69) is 215 Å². The van der Waals surface area contributed by atoms with Gasteiger partial charge in [0.15, 0.2) is 0 Å². The van der Waals surface area contributed by atoms with Gasteiger partial charge in [0.25, 0.3) is 0 Å². The Kier molecular flexibility index (Phi) is 7.98. The molecule has 2 aromatic heterocycles. The molecule has 0 unspecified atom stereocenters. The smallest absolute Gasteiger partial charge is 0.144 e. The molecule has 282 valence electrons. The lowest BCUT2D eigenvalue weighted by molar-refractivity contribution is 0.670.